The molecule has 78 valence electrons. The van der Waals surface area contributed by atoms with Gasteiger partial charge in [0.15, 0.2) is 0 Å². The number of rotatable bonds is 5. The molecule has 0 atom stereocenters. The van der Waals surface area contributed by atoms with Crippen LogP contribution in [0.4, 0.5) is 0 Å². The van der Waals surface area contributed by atoms with Gasteiger partial charge in [-0.25, -0.2) is 0 Å². The summed E-state index contributed by atoms with van der Waals surface area (Å²) in [6.07, 6.45) is 0. The van der Waals surface area contributed by atoms with Gasteiger partial charge in [0.05, 0.1) is 7.11 Å². The Morgan fingerprint density at radius 3 is 2.36 bits per heavy atom. The quantitative estimate of drug-likeness (QED) is 0.694. The zero-order valence-corrected chi connectivity index (χ0v) is 9.80. The van der Waals surface area contributed by atoms with E-state index in [2.05, 4.69) is 31.1 Å². The van der Waals surface area contributed by atoms with E-state index in [4.69, 9.17) is 4.74 Å². The van der Waals surface area contributed by atoms with Crippen LogP contribution < -0.4 is 4.74 Å². The van der Waals surface area contributed by atoms with E-state index in [1.165, 1.54) is 4.90 Å². The molecule has 0 heterocycles. The fraction of sp³-hybridized carbons (Fsp3) is 0.455. The Balaban J connectivity index is 2.36. The van der Waals surface area contributed by atoms with Crippen LogP contribution in [0.1, 0.15) is 0 Å². The average Bonchev–Trinajstić information content (AvgIpc) is 2.18. The third kappa shape index (κ3) is 4.03. The first-order valence-corrected chi connectivity index (χ1v) is 5.62. The fourth-order valence-electron chi connectivity index (χ4n) is 1.02. The number of ether oxygens (including phenoxy) is 1. The van der Waals surface area contributed by atoms with Crippen molar-refractivity contribution >= 4 is 11.8 Å². The summed E-state index contributed by atoms with van der Waals surface area (Å²) in [6, 6.07) is 8.19. The predicted octanol–water partition coefficient (Wildman–Crippen LogP) is 2.35. The summed E-state index contributed by atoms with van der Waals surface area (Å²) in [6.45, 7) is 1.11. The lowest BCUT2D eigenvalue weighted by atomic mass is 10.3. The molecule has 3 heteroatoms. The molecule has 0 aliphatic heterocycles. The number of methoxy groups -OCH3 is 1. The first-order valence-electron chi connectivity index (χ1n) is 4.64. The zero-order valence-electron chi connectivity index (χ0n) is 8.99. The summed E-state index contributed by atoms with van der Waals surface area (Å²) in [5, 5.41) is 0. The maximum Gasteiger partial charge on any atom is 0.118 e. The standard InChI is InChI=1S/C11H17NOS/c1-12(2)8-9-14-11-6-4-10(13-3)5-7-11/h4-7H,8-9H2,1-3H3. The summed E-state index contributed by atoms with van der Waals surface area (Å²) in [5.74, 6) is 2.04. The largest absolute Gasteiger partial charge is 0.497 e. The number of hydrogen-bond donors (Lipinski definition) is 0. The highest BCUT2D eigenvalue weighted by Gasteiger charge is 1.95. The van der Waals surface area contributed by atoms with Gasteiger partial charge in [-0.3, -0.25) is 0 Å². The number of thioether (sulfide) groups is 1. The van der Waals surface area contributed by atoms with Gasteiger partial charge in [0, 0.05) is 17.2 Å². The highest BCUT2D eigenvalue weighted by atomic mass is 32.2. The summed E-state index contributed by atoms with van der Waals surface area (Å²) >= 11 is 1.87. The second kappa shape index (κ2) is 5.94. The van der Waals surface area contributed by atoms with Crippen molar-refractivity contribution in [3.05, 3.63) is 24.3 Å². The van der Waals surface area contributed by atoms with E-state index in [9.17, 15) is 0 Å². The Morgan fingerprint density at radius 1 is 1.21 bits per heavy atom. The third-order valence-electron chi connectivity index (χ3n) is 1.87. The second-order valence-corrected chi connectivity index (χ2v) is 4.50. The molecule has 0 aliphatic rings. The van der Waals surface area contributed by atoms with Crippen molar-refractivity contribution in [3.63, 3.8) is 0 Å². The zero-order chi connectivity index (χ0) is 10.4. The highest BCUT2D eigenvalue weighted by Crippen LogP contribution is 2.20. The van der Waals surface area contributed by atoms with Crippen LogP contribution in [-0.2, 0) is 0 Å². The minimum atomic E-state index is 0.918. The van der Waals surface area contributed by atoms with Gasteiger partial charge in [-0.1, -0.05) is 0 Å². The molecule has 0 bridgehead atoms. The van der Waals surface area contributed by atoms with Gasteiger partial charge in [-0.05, 0) is 38.4 Å². The van der Waals surface area contributed by atoms with Gasteiger partial charge in [0.1, 0.15) is 5.75 Å². The summed E-state index contributed by atoms with van der Waals surface area (Å²) in [4.78, 5) is 3.49. The maximum absolute atomic E-state index is 5.09. The van der Waals surface area contributed by atoms with E-state index in [-0.39, 0.29) is 0 Å². The van der Waals surface area contributed by atoms with Gasteiger partial charge in [-0.15, -0.1) is 11.8 Å². The number of nitrogens with zero attached hydrogens (tertiary/aromatic N) is 1. The van der Waals surface area contributed by atoms with Gasteiger partial charge >= 0.3 is 0 Å². The van der Waals surface area contributed by atoms with Crippen LogP contribution in [0.5, 0.6) is 5.75 Å². The van der Waals surface area contributed by atoms with Gasteiger partial charge in [0.25, 0.3) is 0 Å². The Hall–Kier alpha value is -0.670. The van der Waals surface area contributed by atoms with Crippen LogP contribution >= 0.6 is 11.8 Å². The van der Waals surface area contributed by atoms with Crippen LogP contribution in [0.25, 0.3) is 0 Å². The average molecular weight is 211 g/mol. The minimum Gasteiger partial charge on any atom is -0.497 e. The Kier molecular flexibility index (Phi) is 4.84. The first-order chi connectivity index (χ1) is 6.72. The monoisotopic (exact) mass is 211 g/mol. The van der Waals surface area contributed by atoms with Crippen LogP contribution in [0.15, 0.2) is 29.2 Å². The van der Waals surface area contributed by atoms with Crippen molar-refractivity contribution in [1.82, 2.24) is 4.90 Å². The molecule has 0 saturated heterocycles. The van der Waals surface area contributed by atoms with E-state index < -0.39 is 0 Å². The van der Waals surface area contributed by atoms with Gasteiger partial charge < -0.3 is 9.64 Å². The minimum absolute atomic E-state index is 0.918. The SMILES string of the molecule is COc1ccc(SCCN(C)C)cc1. The molecule has 0 N–H and O–H groups in total. The van der Waals surface area contributed by atoms with Gasteiger partial charge in [0.2, 0.25) is 0 Å². The lowest BCUT2D eigenvalue weighted by Gasteiger charge is -2.08. The molecule has 0 fully saturated rings. The molecule has 0 saturated carbocycles. The Morgan fingerprint density at radius 2 is 1.86 bits per heavy atom. The van der Waals surface area contributed by atoms with Crippen molar-refractivity contribution in [2.24, 2.45) is 0 Å². The molecule has 0 aromatic heterocycles. The van der Waals surface area contributed by atoms with Crippen LogP contribution in [0, 0.1) is 0 Å². The first kappa shape index (κ1) is 11.4. The Bertz CT molecular complexity index is 258. The van der Waals surface area contributed by atoms with E-state index >= 15 is 0 Å². The smallest absolute Gasteiger partial charge is 0.118 e. The van der Waals surface area contributed by atoms with E-state index in [0.29, 0.717) is 0 Å². The summed E-state index contributed by atoms with van der Waals surface area (Å²) in [5.41, 5.74) is 0. The summed E-state index contributed by atoms with van der Waals surface area (Å²) < 4.78 is 5.09. The molecule has 2 nitrogen and oxygen atoms in total. The molecule has 0 spiro atoms. The predicted molar refractivity (Wildman–Crippen MR) is 62.3 cm³/mol. The van der Waals surface area contributed by atoms with Crippen molar-refractivity contribution in [2.45, 2.75) is 4.90 Å². The highest BCUT2D eigenvalue weighted by molar-refractivity contribution is 7.99. The molecule has 0 aliphatic carbocycles. The molecule has 1 rings (SSSR count). The molecule has 14 heavy (non-hydrogen) atoms. The molecule has 1 aromatic carbocycles. The fourth-order valence-corrected chi connectivity index (χ4v) is 2.04. The van der Waals surface area contributed by atoms with E-state index in [1.807, 2.05) is 23.9 Å². The third-order valence-corrected chi connectivity index (χ3v) is 2.86. The molecular weight excluding hydrogens is 194 g/mol. The van der Waals surface area contributed by atoms with Crippen molar-refractivity contribution in [2.75, 3.05) is 33.5 Å². The molecule has 0 amide bonds. The molecule has 1 aromatic rings. The lowest BCUT2D eigenvalue weighted by molar-refractivity contribution is 0.414. The second-order valence-electron chi connectivity index (χ2n) is 3.33. The topological polar surface area (TPSA) is 12.5 Å². The van der Waals surface area contributed by atoms with Crippen molar-refractivity contribution in [1.29, 1.82) is 0 Å². The molecule has 0 radical (unpaired) electrons. The summed E-state index contributed by atoms with van der Waals surface area (Å²) in [7, 11) is 5.87. The van der Waals surface area contributed by atoms with Gasteiger partial charge in [-0.2, -0.15) is 0 Å². The van der Waals surface area contributed by atoms with Crippen molar-refractivity contribution < 1.29 is 4.74 Å². The normalized spacial score (nSPS) is 10.6. The number of benzene rings is 1. The lowest BCUT2D eigenvalue weighted by Crippen LogP contribution is -2.14. The van der Waals surface area contributed by atoms with Crippen LogP contribution in [-0.4, -0.2) is 38.4 Å². The number of hydrogen-bond acceptors (Lipinski definition) is 3. The van der Waals surface area contributed by atoms with Crippen molar-refractivity contribution in [3.8, 4) is 5.75 Å². The van der Waals surface area contributed by atoms with Crippen LogP contribution in [0.3, 0.4) is 0 Å². The molecule has 0 unspecified atom stereocenters. The Labute approximate surface area is 90.3 Å². The molecular formula is C11H17NOS. The van der Waals surface area contributed by atoms with Crippen LogP contribution in [0.2, 0.25) is 0 Å². The van der Waals surface area contributed by atoms with E-state index in [1.54, 1.807) is 7.11 Å². The van der Waals surface area contributed by atoms with E-state index in [0.717, 1.165) is 18.0 Å². The maximum atomic E-state index is 5.09.